The van der Waals surface area contributed by atoms with Gasteiger partial charge in [-0.15, -0.1) is 0 Å². The maximum atomic E-state index is 13.0. The highest BCUT2D eigenvalue weighted by Crippen LogP contribution is 2.26. The van der Waals surface area contributed by atoms with E-state index in [1.54, 1.807) is 6.20 Å². The number of amides is 1. The molecule has 1 aromatic carbocycles. The molecule has 180 valence electrons. The Hall–Kier alpha value is -1.77. The number of rotatable bonds is 5. The maximum Gasteiger partial charge on any atom is 0.225 e. The average Bonchev–Trinajstić information content (AvgIpc) is 2.85. The second-order valence-electron chi connectivity index (χ2n) is 8.42. The van der Waals surface area contributed by atoms with Crippen molar-refractivity contribution in [3.05, 3.63) is 52.6 Å². The van der Waals surface area contributed by atoms with Crippen LogP contribution < -0.4 is 5.73 Å². The number of carbonyl (C=O) groups is 1. The third kappa shape index (κ3) is 7.11. The fourth-order valence-corrected chi connectivity index (χ4v) is 6.19. The summed E-state index contributed by atoms with van der Waals surface area (Å²) in [6, 6.07) is 11.6. The van der Waals surface area contributed by atoms with Crippen molar-refractivity contribution in [2.75, 3.05) is 31.9 Å². The number of benzene rings is 1. The number of halogens is 1. The molecule has 2 saturated heterocycles. The first-order valence-corrected chi connectivity index (χ1v) is 13.9. The summed E-state index contributed by atoms with van der Waals surface area (Å²) >= 11 is 3.42. The molecule has 2 aromatic rings. The quantitative estimate of drug-likeness (QED) is 0.612. The molecule has 0 bridgehead atoms. The molecule has 0 saturated carbocycles. The molecular weight excluding hydrogens is 500 g/mol. The lowest BCUT2D eigenvalue weighted by Crippen LogP contribution is -2.46. The van der Waals surface area contributed by atoms with E-state index in [0.717, 1.165) is 60.2 Å². The van der Waals surface area contributed by atoms with Crippen LogP contribution in [-0.2, 0) is 22.1 Å². The predicted molar refractivity (Wildman–Crippen MR) is 138 cm³/mol. The summed E-state index contributed by atoms with van der Waals surface area (Å²) in [7, 11) is -1.02. The summed E-state index contributed by atoms with van der Waals surface area (Å²) in [5.74, 6) is 0.931. The number of anilines is 1. The molecule has 1 amide bonds. The molecule has 1 atom stereocenters. The molecule has 0 aliphatic carbocycles. The Morgan fingerprint density at radius 1 is 1.06 bits per heavy atom. The normalized spacial score (nSPS) is 18.9. The van der Waals surface area contributed by atoms with Gasteiger partial charge in [-0.2, -0.15) is 0 Å². The first-order valence-electron chi connectivity index (χ1n) is 11.9. The van der Waals surface area contributed by atoms with Crippen molar-refractivity contribution >= 4 is 38.5 Å². The number of nitrogen functional groups attached to an aromatic ring is 1. The Bertz CT molecular complexity index is 924. The zero-order valence-corrected chi connectivity index (χ0v) is 22.0. The molecule has 6 nitrogen and oxygen atoms in total. The predicted octanol–water partition coefficient (Wildman–Crippen LogP) is 4.46. The number of nitrogens with zero attached hydrogens (tertiary/aromatic N) is 3. The van der Waals surface area contributed by atoms with E-state index in [-0.39, 0.29) is 17.1 Å². The number of aromatic nitrogens is 1. The first kappa shape index (κ1) is 25.8. The fourth-order valence-electron chi connectivity index (χ4n) is 4.50. The van der Waals surface area contributed by atoms with E-state index in [0.29, 0.717) is 18.9 Å². The highest BCUT2D eigenvalue weighted by molar-refractivity contribution is 9.10. The summed E-state index contributed by atoms with van der Waals surface area (Å²) in [6.07, 6.45) is 5.14. The van der Waals surface area contributed by atoms with E-state index in [2.05, 4.69) is 25.8 Å². The monoisotopic (exact) mass is 534 g/mol. The van der Waals surface area contributed by atoms with Crippen molar-refractivity contribution in [3.63, 3.8) is 0 Å². The minimum absolute atomic E-state index is 0.104. The Labute approximate surface area is 208 Å². The highest BCUT2D eigenvalue weighted by atomic mass is 79.9. The van der Waals surface area contributed by atoms with Gasteiger partial charge in [0.2, 0.25) is 5.91 Å². The van der Waals surface area contributed by atoms with E-state index < -0.39 is 10.8 Å². The molecule has 33 heavy (non-hydrogen) atoms. The number of nitrogens with two attached hydrogens (primary N) is 1. The van der Waals surface area contributed by atoms with Gasteiger partial charge in [-0.1, -0.05) is 29.8 Å². The van der Waals surface area contributed by atoms with Gasteiger partial charge in [-0.3, -0.25) is 13.9 Å². The number of likely N-dealkylation sites (tertiary alicyclic amines) is 2. The van der Waals surface area contributed by atoms with Crippen LogP contribution in [0.4, 0.5) is 5.82 Å². The second kappa shape index (κ2) is 12.6. The van der Waals surface area contributed by atoms with Gasteiger partial charge < -0.3 is 10.6 Å². The van der Waals surface area contributed by atoms with E-state index in [9.17, 15) is 9.00 Å². The van der Waals surface area contributed by atoms with Crippen molar-refractivity contribution in [1.82, 2.24) is 14.8 Å². The average molecular weight is 536 g/mol. The molecule has 1 unspecified atom stereocenters. The molecule has 4 rings (SSSR count). The van der Waals surface area contributed by atoms with Crippen molar-refractivity contribution in [1.29, 1.82) is 0 Å². The van der Waals surface area contributed by atoms with Crippen molar-refractivity contribution in [2.24, 2.45) is 5.92 Å². The van der Waals surface area contributed by atoms with Crippen LogP contribution in [0.15, 0.2) is 52.0 Å². The summed E-state index contributed by atoms with van der Waals surface area (Å²) in [6.45, 7) is 8.11. The topological polar surface area (TPSA) is 79.5 Å². The van der Waals surface area contributed by atoms with Gasteiger partial charge in [0.15, 0.2) is 0 Å². The lowest BCUT2D eigenvalue weighted by Gasteiger charge is -2.37. The van der Waals surface area contributed by atoms with Crippen LogP contribution >= 0.6 is 15.9 Å². The Morgan fingerprint density at radius 2 is 1.70 bits per heavy atom. The highest BCUT2D eigenvalue weighted by Gasteiger charge is 2.32. The van der Waals surface area contributed by atoms with Gasteiger partial charge in [0, 0.05) is 46.4 Å². The fraction of sp³-hybridized carbons (Fsp3) is 0.520. The summed E-state index contributed by atoms with van der Waals surface area (Å²) < 4.78 is 13.9. The molecule has 0 spiro atoms. The van der Waals surface area contributed by atoms with Crippen LogP contribution in [0, 0.1) is 5.92 Å². The number of pyridine rings is 1. The molecule has 1 aromatic heterocycles. The molecule has 0 radical (unpaired) electrons. The smallest absolute Gasteiger partial charge is 0.225 e. The van der Waals surface area contributed by atoms with Crippen molar-refractivity contribution in [2.45, 2.75) is 56.2 Å². The lowest BCUT2D eigenvalue weighted by molar-refractivity contribution is -0.138. The molecule has 8 heteroatoms. The van der Waals surface area contributed by atoms with Gasteiger partial charge in [0.05, 0.1) is 10.8 Å². The summed E-state index contributed by atoms with van der Waals surface area (Å²) in [5, 5.41) is 0.125. The SMILES string of the molecule is CC.Nc1cc(CN2CCC(C(=O)N3CCC(S(=O)c4ccc(Br)cc4)CC3)CC2)ccn1. The van der Waals surface area contributed by atoms with E-state index in [1.165, 1.54) is 0 Å². The number of hydrogen-bond acceptors (Lipinski definition) is 5. The molecule has 3 heterocycles. The van der Waals surface area contributed by atoms with Gasteiger partial charge in [0.1, 0.15) is 5.82 Å². The lowest BCUT2D eigenvalue weighted by atomic mass is 9.94. The van der Waals surface area contributed by atoms with Gasteiger partial charge in [-0.25, -0.2) is 4.98 Å². The molecular formula is C25H35BrN4O2S. The van der Waals surface area contributed by atoms with Crippen LogP contribution in [0.5, 0.6) is 0 Å². The number of piperidine rings is 2. The molecule has 2 aliphatic rings. The Balaban J connectivity index is 0.00000149. The standard InChI is InChI=1S/C23H29BrN4O2S.C2H6/c24-19-1-3-20(4-2-19)31(30)21-8-13-28(14-9-21)23(29)18-6-11-27(12-7-18)16-17-5-10-26-22(25)15-17;1-2/h1-5,10,15,18,21H,6-9,11-14,16H2,(H2,25,26);1-2H3. The Morgan fingerprint density at radius 3 is 2.30 bits per heavy atom. The second-order valence-corrected chi connectivity index (χ2v) is 11.1. The van der Waals surface area contributed by atoms with Gasteiger partial charge >= 0.3 is 0 Å². The minimum atomic E-state index is -1.02. The largest absolute Gasteiger partial charge is 0.384 e. The Kier molecular flexibility index (Phi) is 9.89. The van der Waals surface area contributed by atoms with E-state index in [1.807, 2.05) is 55.1 Å². The number of hydrogen-bond donors (Lipinski definition) is 1. The van der Waals surface area contributed by atoms with Gasteiger partial charge in [-0.05, 0) is 80.7 Å². The zero-order chi connectivity index (χ0) is 23.8. The van der Waals surface area contributed by atoms with E-state index in [4.69, 9.17) is 5.73 Å². The van der Waals surface area contributed by atoms with Crippen LogP contribution in [0.3, 0.4) is 0 Å². The maximum absolute atomic E-state index is 13.0. The third-order valence-electron chi connectivity index (χ3n) is 6.29. The first-order chi connectivity index (χ1) is 16.0. The van der Waals surface area contributed by atoms with Crippen LogP contribution in [0.25, 0.3) is 0 Å². The van der Waals surface area contributed by atoms with Crippen LogP contribution in [-0.4, -0.2) is 56.3 Å². The summed E-state index contributed by atoms with van der Waals surface area (Å²) in [4.78, 5) is 22.3. The van der Waals surface area contributed by atoms with E-state index >= 15 is 0 Å². The van der Waals surface area contributed by atoms with Gasteiger partial charge in [0.25, 0.3) is 0 Å². The molecule has 2 N–H and O–H groups in total. The number of carbonyl (C=O) groups excluding carboxylic acids is 1. The van der Waals surface area contributed by atoms with Crippen molar-refractivity contribution in [3.8, 4) is 0 Å². The third-order valence-corrected chi connectivity index (χ3v) is 8.63. The minimum Gasteiger partial charge on any atom is -0.384 e. The zero-order valence-electron chi connectivity index (χ0n) is 19.6. The van der Waals surface area contributed by atoms with Crippen LogP contribution in [0.2, 0.25) is 0 Å². The van der Waals surface area contributed by atoms with Crippen molar-refractivity contribution < 1.29 is 9.00 Å². The molecule has 2 fully saturated rings. The summed E-state index contributed by atoms with van der Waals surface area (Å²) in [5.41, 5.74) is 6.94. The molecule has 2 aliphatic heterocycles. The van der Waals surface area contributed by atoms with Crippen LogP contribution in [0.1, 0.15) is 45.1 Å².